The molecular weight excluding hydrogens is 436 g/mol. The van der Waals surface area contributed by atoms with Gasteiger partial charge in [-0.25, -0.2) is 0 Å². The van der Waals surface area contributed by atoms with Crippen LogP contribution in [0.25, 0.3) is 0 Å². The molecule has 0 aromatic carbocycles. The van der Waals surface area contributed by atoms with Crippen molar-refractivity contribution in [2.75, 3.05) is 7.11 Å². The fourth-order valence-electron chi connectivity index (χ4n) is 10.6. The number of hydrogen-bond acceptors (Lipinski definition) is 4. The van der Waals surface area contributed by atoms with Gasteiger partial charge in [0.1, 0.15) is 6.29 Å². The topological polar surface area (TPSA) is 63.6 Å². The van der Waals surface area contributed by atoms with E-state index in [0.29, 0.717) is 11.8 Å². The standard InChI is InChI=1S/C31H48O4/c1-26(2)22-10-12-30(6)23(31(22,19-32)13-11-24(26)33)9-8-20-21-18-28(4,25(34)35-7)15-14-27(21,3)16-17-29(20,30)5/h18-20,22-24,33H,8-17H2,1-7H3/t20-,22+,23+,24+,27-,28+,29-,30-,31-/m1/s1. The van der Waals surface area contributed by atoms with Crippen LogP contribution in [0.2, 0.25) is 0 Å². The minimum absolute atomic E-state index is 0.0764. The minimum Gasteiger partial charge on any atom is -0.468 e. The maximum absolute atomic E-state index is 13.1. The number of carbonyl (C=O) groups excluding carboxylic acids is 2. The highest BCUT2D eigenvalue weighted by Crippen LogP contribution is 2.76. The lowest BCUT2D eigenvalue weighted by atomic mass is 9.32. The summed E-state index contributed by atoms with van der Waals surface area (Å²) >= 11 is 0. The fraction of sp³-hybridized carbons (Fsp3) is 0.871. The third-order valence-corrected chi connectivity index (χ3v) is 13.3. The third kappa shape index (κ3) is 3.07. The summed E-state index contributed by atoms with van der Waals surface area (Å²) in [7, 11) is 1.51. The molecule has 4 nitrogen and oxygen atoms in total. The molecule has 9 atom stereocenters. The van der Waals surface area contributed by atoms with E-state index in [-0.39, 0.29) is 45.1 Å². The average Bonchev–Trinajstić information content (AvgIpc) is 2.82. The predicted octanol–water partition coefficient (Wildman–Crippen LogP) is 6.50. The number of carbonyl (C=O) groups is 2. The second-order valence-corrected chi connectivity index (χ2v) is 14.8. The van der Waals surface area contributed by atoms with Gasteiger partial charge in [0.25, 0.3) is 0 Å². The van der Waals surface area contributed by atoms with Gasteiger partial charge in [0.2, 0.25) is 0 Å². The van der Waals surface area contributed by atoms with Crippen molar-refractivity contribution in [3.8, 4) is 0 Å². The Morgan fingerprint density at radius 3 is 2.23 bits per heavy atom. The molecule has 5 aliphatic carbocycles. The van der Waals surface area contributed by atoms with E-state index in [1.165, 1.54) is 25.4 Å². The van der Waals surface area contributed by atoms with Gasteiger partial charge in [-0.05, 0) is 111 Å². The first-order valence-corrected chi connectivity index (χ1v) is 14.2. The van der Waals surface area contributed by atoms with Gasteiger partial charge in [-0.1, -0.05) is 46.3 Å². The minimum atomic E-state index is -0.537. The Morgan fingerprint density at radius 1 is 0.886 bits per heavy atom. The lowest BCUT2D eigenvalue weighted by Crippen LogP contribution is -2.67. The normalized spacial score (nSPS) is 52.6. The lowest BCUT2D eigenvalue weighted by Gasteiger charge is -2.71. The van der Waals surface area contributed by atoms with Gasteiger partial charge in [-0.2, -0.15) is 0 Å². The van der Waals surface area contributed by atoms with E-state index >= 15 is 0 Å². The Bertz CT molecular complexity index is 952. The molecule has 0 saturated heterocycles. The van der Waals surface area contributed by atoms with Crippen LogP contribution in [0, 0.1) is 50.2 Å². The summed E-state index contributed by atoms with van der Waals surface area (Å²) in [4.78, 5) is 25.9. The molecule has 4 fully saturated rings. The number of rotatable bonds is 2. The number of allylic oxidation sites excluding steroid dienone is 1. The molecule has 0 aliphatic heterocycles. The third-order valence-electron chi connectivity index (χ3n) is 13.3. The molecule has 0 unspecified atom stereocenters. The first kappa shape index (κ1) is 25.5. The van der Waals surface area contributed by atoms with Crippen LogP contribution in [0.4, 0.5) is 0 Å². The summed E-state index contributed by atoms with van der Waals surface area (Å²) in [5.74, 6) is 0.955. The summed E-state index contributed by atoms with van der Waals surface area (Å²) in [6, 6.07) is 0. The lowest BCUT2D eigenvalue weighted by molar-refractivity contribution is -0.225. The van der Waals surface area contributed by atoms with Crippen LogP contribution < -0.4 is 0 Å². The molecule has 4 heteroatoms. The molecule has 196 valence electrons. The van der Waals surface area contributed by atoms with E-state index in [1.807, 2.05) is 0 Å². The summed E-state index contributed by atoms with van der Waals surface area (Å²) in [6.45, 7) is 13.9. The highest BCUT2D eigenvalue weighted by atomic mass is 16.5. The van der Waals surface area contributed by atoms with Gasteiger partial charge < -0.3 is 14.6 Å². The molecule has 0 amide bonds. The highest BCUT2D eigenvalue weighted by molar-refractivity contribution is 5.79. The highest BCUT2D eigenvalue weighted by Gasteiger charge is 2.70. The van der Waals surface area contributed by atoms with Crippen LogP contribution in [-0.4, -0.2) is 30.6 Å². The van der Waals surface area contributed by atoms with Crippen molar-refractivity contribution in [3.05, 3.63) is 11.6 Å². The van der Waals surface area contributed by atoms with Crippen LogP contribution in [0.1, 0.15) is 106 Å². The molecule has 5 rings (SSSR count). The van der Waals surface area contributed by atoms with E-state index < -0.39 is 5.41 Å². The van der Waals surface area contributed by atoms with Crippen molar-refractivity contribution in [3.63, 3.8) is 0 Å². The van der Waals surface area contributed by atoms with E-state index in [9.17, 15) is 14.7 Å². The average molecular weight is 485 g/mol. The van der Waals surface area contributed by atoms with Crippen LogP contribution in [0.5, 0.6) is 0 Å². The Balaban J connectivity index is 1.58. The predicted molar refractivity (Wildman–Crippen MR) is 137 cm³/mol. The molecule has 5 aliphatic rings. The number of aliphatic hydroxyl groups is 1. The van der Waals surface area contributed by atoms with Gasteiger partial charge in [0, 0.05) is 5.41 Å². The number of esters is 1. The number of aldehydes is 1. The van der Waals surface area contributed by atoms with E-state index in [0.717, 1.165) is 57.8 Å². The molecule has 0 heterocycles. The molecule has 0 radical (unpaired) electrons. The van der Waals surface area contributed by atoms with Crippen LogP contribution in [0.3, 0.4) is 0 Å². The fourth-order valence-corrected chi connectivity index (χ4v) is 10.6. The summed E-state index contributed by atoms with van der Waals surface area (Å²) < 4.78 is 5.24. The maximum Gasteiger partial charge on any atom is 0.315 e. The summed E-state index contributed by atoms with van der Waals surface area (Å²) in [6.07, 6.45) is 13.5. The maximum atomic E-state index is 13.1. The van der Waals surface area contributed by atoms with Crippen LogP contribution >= 0.6 is 0 Å². The molecule has 0 spiro atoms. The monoisotopic (exact) mass is 484 g/mol. The van der Waals surface area contributed by atoms with Crippen molar-refractivity contribution in [2.45, 2.75) is 112 Å². The van der Waals surface area contributed by atoms with Crippen molar-refractivity contribution >= 4 is 12.3 Å². The van der Waals surface area contributed by atoms with Crippen molar-refractivity contribution in [1.29, 1.82) is 0 Å². The quantitative estimate of drug-likeness (QED) is 0.276. The molecule has 35 heavy (non-hydrogen) atoms. The van der Waals surface area contributed by atoms with Gasteiger partial charge in [-0.15, -0.1) is 0 Å². The second kappa shape index (κ2) is 7.68. The zero-order valence-electron chi connectivity index (χ0n) is 23.2. The number of aliphatic hydroxyl groups excluding tert-OH is 1. The Kier molecular flexibility index (Phi) is 5.59. The van der Waals surface area contributed by atoms with E-state index in [4.69, 9.17) is 4.74 Å². The molecule has 0 bridgehead atoms. The number of methoxy groups -OCH3 is 1. The Hall–Kier alpha value is -1.16. The molecular formula is C31H48O4. The molecule has 4 saturated carbocycles. The van der Waals surface area contributed by atoms with Gasteiger partial charge in [-0.3, -0.25) is 4.79 Å². The van der Waals surface area contributed by atoms with Gasteiger partial charge in [0.05, 0.1) is 18.6 Å². The zero-order chi connectivity index (χ0) is 25.7. The first-order chi connectivity index (χ1) is 16.2. The first-order valence-electron chi connectivity index (χ1n) is 14.2. The number of hydrogen-bond donors (Lipinski definition) is 1. The van der Waals surface area contributed by atoms with Crippen molar-refractivity contribution in [1.82, 2.24) is 0 Å². The number of ether oxygens (including phenoxy) is 1. The Labute approximate surface area is 212 Å². The van der Waals surface area contributed by atoms with Crippen LogP contribution in [-0.2, 0) is 14.3 Å². The smallest absolute Gasteiger partial charge is 0.315 e. The second-order valence-electron chi connectivity index (χ2n) is 14.8. The Morgan fingerprint density at radius 2 is 1.57 bits per heavy atom. The van der Waals surface area contributed by atoms with Crippen LogP contribution in [0.15, 0.2) is 11.6 Å². The molecule has 0 aromatic heterocycles. The summed E-state index contributed by atoms with van der Waals surface area (Å²) in [5.41, 5.74) is 0.766. The van der Waals surface area contributed by atoms with Gasteiger partial charge in [0.15, 0.2) is 0 Å². The van der Waals surface area contributed by atoms with Crippen molar-refractivity contribution < 1.29 is 19.4 Å². The SMILES string of the molecule is COC(=O)[C@]1(C)C=C2[C@H]3CC[C@@H]4[C@@]5(C=O)CC[C@H](O)C(C)(C)[C@@H]5CC[C@@]4(C)[C@]3(C)CC[C@@]2(C)CC1. The molecule has 0 aromatic rings. The largest absolute Gasteiger partial charge is 0.468 e. The molecule has 1 N–H and O–H groups in total. The zero-order valence-corrected chi connectivity index (χ0v) is 23.2. The summed E-state index contributed by atoms with van der Waals surface area (Å²) in [5, 5.41) is 10.9. The van der Waals surface area contributed by atoms with Gasteiger partial charge >= 0.3 is 5.97 Å². The van der Waals surface area contributed by atoms with E-state index in [2.05, 4.69) is 47.6 Å². The van der Waals surface area contributed by atoms with Crippen molar-refractivity contribution in [2.24, 2.45) is 50.2 Å². The number of fused-ring (bicyclic) bond motifs is 7. The van der Waals surface area contributed by atoms with E-state index in [1.54, 1.807) is 0 Å².